The summed E-state index contributed by atoms with van der Waals surface area (Å²) in [4.78, 5) is 19.9. The van der Waals surface area contributed by atoms with Gasteiger partial charge in [0.25, 0.3) is 5.91 Å². The van der Waals surface area contributed by atoms with Crippen molar-refractivity contribution in [1.29, 1.82) is 0 Å². The number of anilines is 2. The van der Waals surface area contributed by atoms with E-state index < -0.39 is 0 Å². The van der Waals surface area contributed by atoms with Crippen molar-refractivity contribution in [2.75, 3.05) is 11.1 Å². The van der Waals surface area contributed by atoms with Gasteiger partial charge in [-0.15, -0.1) is 0 Å². The minimum Gasteiger partial charge on any atom is -0.399 e. The number of carbonyl (C=O) groups excluding carboxylic acids is 1. The molecule has 0 bridgehead atoms. The molecule has 0 unspecified atom stereocenters. The smallest absolute Gasteiger partial charge is 0.275 e. The first kappa shape index (κ1) is 12.5. The van der Waals surface area contributed by atoms with Crippen LogP contribution in [0.25, 0.3) is 0 Å². The molecule has 2 aromatic rings. The van der Waals surface area contributed by atoms with Crippen LogP contribution in [-0.4, -0.2) is 15.9 Å². The maximum Gasteiger partial charge on any atom is 0.275 e. The number of amides is 1. The maximum absolute atomic E-state index is 11.9. The third kappa shape index (κ3) is 2.84. The molecule has 1 heterocycles. The normalized spacial score (nSPS) is 10.1. The van der Waals surface area contributed by atoms with Crippen molar-refractivity contribution in [1.82, 2.24) is 9.97 Å². The fourth-order valence-corrected chi connectivity index (χ4v) is 1.68. The van der Waals surface area contributed by atoms with Gasteiger partial charge in [-0.25, -0.2) is 4.98 Å². The Hall–Kier alpha value is -1.95. The molecule has 0 saturated carbocycles. The van der Waals surface area contributed by atoms with Crippen LogP contribution >= 0.6 is 15.9 Å². The van der Waals surface area contributed by atoms with E-state index in [2.05, 4.69) is 31.2 Å². The number of aryl methyl sites for hydroxylation is 1. The van der Waals surface area contributed by atoms with Crippen molar-refractivity contribution in [2.24, 2.45) is 0 Å². The van der Waals surface area contributed by atoms with Crippen LogP contribution in [0.2, 0.25) is 0 Å². The quantitative estimate of drug-likeness (QED) is 0.835. The highest BCUT2D eigenvalue weighted by Crippen LogP contribution is 2.24. The van der Waals surface area contributed by atoms with Gasteiger partial charge in [-0.2, -0.15) is 0 Å². The number of hydrogen-bond donors (Lipinski definition) is 2. The van der Waals surface area contributed by atoms with Gasteiger partial charge in [-0.05, 0) is 41.1 Å². The predicted molar refractivity (Wildman–Crippen MR) is 73.3 cm³/mol. The van der Waals surface area contributed by atoms with E-state index in [-0.39, 0.29) is 11.6 Å². The van der Waals surface area contributed by atoms with Crippen molar-refractivity contribution < 1.29 is 4.79 Å². The Morgan fingerprint density at radius 3 is 2.78 bits per heavy atom. The second-order valence-electron chi connectivity index (χ2n) is 3.74. The fraction of sp³-hybridized carbons (Fsp3) is 0.0833. The molecular weight excluding hydrogens is 296 g/mol. The van der Waals surface area contributed by atoms with E-state index in [0.29, 0.717) is 11.4 Å². The number of nitrogens with two attached hydrogens (primary N) is 1. The molecule has 0 aliphatic carbocycles. The lowest BCUT2D eigenvalue weighted by Crippen LogP contribution is -2.14. The summed E-state index contributed by atoms with van der Waals surface area (Å²) in [5.74, 6) is -0.325. The van der Waals surface area contributed by atoms with Crippen molar-refractivity contribution >= 4 is 33.2 Å². The van der Waals surface area contributed by atoms with Crippen molar-refractivity contribution in [3.05, 3.63) is 46.5 Å². The molecule has 0 spiro atoms. The van der Waals surface area contributed by atoms with E-state index in [1.165, 1.54) is 6.20 Å². The molecule has 0 aliphatic rings. The average molecular weight is 307 g/mol. The summed E-state index contributed by atoms with van der Waals surface area (Å²) < 4.78 is 0.755. The molecule has 1 aromatic heterocycles. The summed E-state index contributed by atoms with van der Waals surface area (Å²) in [6, 6.07) is 5.18. The second-order valence-corrected chi connectivity index (χ2v) is 4.59. The van der Waals surface area contributed by atoms with E-state index >= 15 is 0 Å². The Kier molecular flexibility index (Phi) is 3.57. The van der Waals surface area contributed by atoms with Crippen LogP contribution in [0, 0.1) is 6.92 Å². The highest BCUT2D eigenvalue weighted by Gasteiger charge is 2.10. The van der Waals surface area contributed by atoms with Crippen LogP contribution in [0.5, 0.6) is 0 Å². The summed E-state index contributed by atoms with van der Waals surface area (Å²) in [5, 5.41) is 2.72. The van der Waals surface area contributed by atoms with Gasteiger partial charge in [0, 0.05) is 16.4 Å². The zero-order valence-corrected chi connectivity index (χ0v) is 11.2. The molecule has 0 atom stereocenters. The molecule has 0 saturated heterocycles. The molecule has 0 fully saturated rings. The molecule has 2 rings (SSSR count). The van der Waals surface area contributed by atoms with Gasteiger partial charge in [0.05, 0.1) is 17.6 Å². The number of nitrogens with zero attached hydrogens (tertiary/aromatic N) is 2. The van der Waals surface area contributed by atoms with Crippen LogP contribution < -0.4 is 11.1 Å². The lowest BCUT2D eigenvalue weighted by Gasteiger charge is -2.07. The number of aromatic nitrogens is 2. The Morgan fingerprint density at radius 2 is 2.11 bits per heavy atom. The topological polar surface area (TPSA) is 80.9 Å². The Labute approximate surface area is 113 Å². The highest BCUT2D eigenvalue weighted by molar-refractivity contribution is 9.10. The van der Waals surface area contributed by atoms with Crippen molar-refractivity contribution in [3.63, 3.8) is 0 Å². The first-order valence-electron chi connectivity index (χ1n) is 5.21. The van der Waals surface area contributed by atoms with Gasteiger partial charge in [0.2, 0.25) is 0 Å². The van der Waals surface area contributed by atoms with E-state index in [1.54, 1.807) is 24.4 Å². The van der Waals surface area contributed by atoms with E-state index in [0.717, 1.165) is 10.2 Å². The molecular formula is C12H11BrN4O. The monoisotopic (exact) mass is 306 g/mol. The maximum atomic E-state index is 11.9. The van der Waals surface area contributed by atoms with Crippen LogP contribution in [0.15, 0.2) is 35.1 Å². The molecule has 1 aromatic carbocycles. The molecule has 0 aliphatic heterocycles. The Morgan fingerprint density at radius 1 is 1.33 bits per heavy atom. The summed E-state index contributed by atoms with van der Waals surface area (Å²) in [7, 11) is 0. The molecule has 18 heavy (non-hydrogen) atoms. The van der Waals surface area contributed by atoms with Crippen LogP contribution in [0.1, 0.15) is 16.2 Å². The van der Waals surface area contributed by atoms with Crippen LogP contribution in [-0.2, 0) is 0 Å². The largest absolute Gasteiger partial charge is 0.399 e. The predicted octanol–water partition coefficient (Wildman–Crippen LogP) is 2.38. The van der Waals surface area contributed by atoms with Crippen molar-refractivity contribution in [3.8, 4) is 0 Å². The first-order valence-corrected chi connectivity index (χ1v) is 6.00. The summed E-state index contributed by atoms with van der Waals surface area (Å²) >= 11 is 3.34. The second kappa shape index (κ2) is 5.14. The standard InChI is InChI=1S/C12H11BrN4O/c1-7-5-16-11(6-15-7)12(18)17-10-4-8(14)2-3-9(10)13/h2-6H,14H2,1H3,(H,17,18). The summed E-state index contributed by atoms with van der Waals surface area (Å²) in [6.45, 7) is 1.81. The first-order chi connectivity index (χ1) is 8.56. The summed E-state index contributed by atoms with van der Waals surface area (Å²) in [5.41, 5.74) is 7.85. The zero-order chi connectivity index (χ0) is 13.1. The molecule has 0 radical (unpaired) electrons. The molecule has 92 valence electrons. The molecule has 6 heteroatoms. The minimum atomic E-state index is -0.325. The lowest BCUT2D eigenvalue weighted by molar-refractivity contribution is 0.102. The highest BCUT2D eigenvalue weighted by atomic mass is 79.9. The van der Waals surface area contributed by atoms with Gasteiger partial charge < -0.3 is 11.1 Å². The van der Waals surface area contributed by atoms with Gasteiger partial charge in [-0.1, -0.05) is 0 Å². The number of halogens is 1. The number of rotatable bonds is 2. The Bertz CT molecular complexity index is 583. The zero-order valence-electron chi connectivity index (χ0n) is 9.64. The summed E-state index contributed by atoms with van der Waals surface area (Å²) in [6.07, 6.45) is 2.98. The van der Waals surface area contributed by atoms with Crippen molar-refractivity contribution in [2.45, 2.75) is 6.92 Å². The minimum absolute atomic E-state index is 0.259. The number of nitrogens with one attached hydrogen (secondary N) is 1. The molecule has 5 nitrogen and oxygen atoms in total. The number of nitrogen functional groups attached to an aromatic ring is 1. The van der Waals surface area contributed by atoms with Gasteiger partial charge in [-0.3, -0.25) is 9.78 Å². The van der Waals surface area contributed by atoms with Gasteiger partial charge in [0.1, 0.15) is 5.69 Å². The Balaban J connectivity index is 2.21. The SMILES string of the molecule is Cc1cnc(C(=O)Nc2cc(N)ccc2Br)cn1. The van der Waals surface area contributed by atoms with Gasteiger partial charge >= 0.3 is 0 Å². The number of benzene rings is 1. The lowest BCUT2D eigenvalue weighted by atomic mass is 10.2. The molecule has 3 N–H and O–H groups in total. The average Bonchev–Trinajstić information content (AvgIpc) is 2.34. The van der Waals surface area contributed by atoms with Crippen LogP contribution in [0.4, 0.5) is 11.4 Å². The van der Waals surface area contributed by atoms with E-state index in [1.807, 2.05) is 6.92 Å². The molecule has 1 amide bonds. The third-order valence-electron chi connectivity index (χ3n) is 2.25. The van der Waals surface area contributed by atoms with E-state index in [4.69, 9.17) is 5.73 Å². The fourth-order valence-electron chi connectivity index (χ4n) is 1.33. The third-order valence-corrected chi connectivity index (χ3v) is 2.94. The van der Waals surface area contributed by atoms with Crippen LogP contribution in [0.3, 0.4) is 0 Å². The number of hydrogen-bond acceptors (Lipinski definition) is 4. The van der Waals surface area contributed by atoms with Gasteiger partial charge in [0.15, 0.2) is 0 Å². The number of carbonyl (C=O) groups is 1. The van der Waals surface area contributed by atoms with E-state index in [9.17, 15) is 4.79 Å².